The van der Waals surface area contributed by atoms with Gasteiger partial charge in [-0.1, -0.05) is 27.3 Å². The van der Waals surface area contributed by atoms with E-state index in [0.29, 0.717) is 5.13 Å². The third-order valence-electron chi connectivity index (χ3n) is 1.95. The number of thiazole rings is 1. The van der Waals surface area contributed by atoms with Gasteiger partial charge in [-0.2, -0.15) is 0 Å². The van der Waals surface area contributed by atoms with Crippen molar-refractivity contribution in [3.05, 3.63) is 22.2 Å². The highest BCUT2D eigenvalue weighted by Crippen LogP contribution is 2.30. The van der Waals surface area contributed by atoms with Crippen LogP contribution in [0.1, 0.15) is 12.5 Å². The number of aromatic nitrogens is 1. The van der Waals surface area contributed by atoms with E-state index in [1.165, 1.54) is 18.3 Å². The van der Waals surface area contributed by atoms with Crippen LogP contribution >= 0.6 is 27.3 Å². The molecule has 0 aliphatic heterocycles. The molecule has 0 fully saturated rings. The summed E-state index contributed by atoms with van der Waals surface area (Å²) in [7, 11) is 0. The largest absolute Gasteiger partial charge is 0.302 e. The monoisotopic (exact) mass is 284 g/mol. The number of hydrogen-bond acceptors (Lipinski definition) is 3. The van der Waals surface area contributed by atoms with Crippen LogP contribution in [0.4, 0.5) is 5.13 Å². The second-order valence-electron chi connectivity index (χ2n) is 3.27. The van der Waals surface area contributed by atoms with Crippen LogP contribution in [-0.2, 0) is 4.79 Å². The predicted molar refractivity (Wildman–Crippen MR) is 66.4 cm³/mol. The van der Waals surface area contributed by atoms with E-state index in [9.17, 15) is 4.79 Å². The Morgan fingerprint density at radius 3 is 2.93 bits per heavy atom. The maximum absolute atomic E-state index is 10.9. The molecule has 0 radical (unpaired) electrons. The van der Waals surface area contributed by atoms with E-state index in [1.807, 2.05) is 19.1 Å². The number of benzene rings is 1. The number of anilines is 1. The molecule has 0 aliphatic rings. The Morgan fingerprint density at radius 1 is 1.53 bits per heavy atom. The summed E-state index contributed by atoms with van der Waals surface area (Å²) in [6, 6.07) is 4.02. The van der Waals surface area contributed by atoms with Crippen molar-refractivity contribution in [3.63, 3.8) is 0 Å². The first-order chi connectivity index (χ1) is 7.06. The minimum absolute atomic E-state index is 0.0927. The fraction of sp³-hybridized carbons (Fsp3) is 0.200. The minimum Gasteiger partial charge on any atom is -0.302 e. The van der Waals surface area contributed by atoms with Gasteiger partial charge in [0.1, 0.15) is 0 Å². The van der Waals surface area contributed by atoms with Crippen molar-refractivity contribution >= 4 is 48.5 Å². The summed E-state index contributed by atoms with van der Waals surface area (Å²) in [4.78, 5) is 15.2. The topological polar surface area (TPSA) is 42.0 Å². The van der Waals surface area contributed by atoms with Gasteiger partial charge in [-0.25, -0.2) is 4.98 Å². The molecule has 1 aromatic carbocycles. The maximum Gasteiger partial charge on any atom is 0.223 e. The van der Waals surface area contributed by atoms with E-state index >= 15 is 0 Å². The quantitative estimate of drug-likeness (QED) is 0.873. The number of carbonyl (C=O) groups excluding carboxylic acids is 1. The van der Waals surface area contributed by atoms with Gasteiger partial charge in [0.25, 0.3) is 0 Å². The molecule has 15 heavy (non-hydrogen) atoms. The van der Waals surface area contributed by atoms with Gasteiger partial charge in [0, 0.05) is 11.4 Å². The Balaban J connectivity index is 2.51. The summed E-state index contributed by atoms with van der Waals surface area (Å²) >= 11 is 4.94. The third-order valence-corrected chi connectivity index (χ3v) is 3.74. The average Bonchev–Trinajstić information content (AvgIpc) is 2.46. The SMILES string of the molecule is CC(=O)Nc1nc2cc(C)c(Br)cc2s1. The highest BCUT2D eigenvalue weighted by Gasteiger charge is 2.06. The number of hydrogen-bond donors (Lipinski definition) is 1. The molecule has 3 nitrogen and oxygen atoms in total. The molecular weight excluding hydrogens is 276 g/mol. The Labute approximate surface area is 99.6 Å². The number of carbonyl (C=O) groups is 1. The van der Waals surface area contributed by atoms with E-state index in [2.05, 4.69) is 26.2 Å². The van der Waals surface area contributed by atoms with Crippen LogP contribution in [-0.4, -0.2) is 10.9 Å². The Morgan fingerprint density at radius 2 is 2.27 bits per heavy atom. The van der Waals surface area contributed by atoms with Crippen molar-refractivity contribution < 1.29 is 4.79 Å². The molecule has 1 heterocycles. The molecule has 0 bridgehead atoms. The first-order valence-electron chi connectivity index (χ1n) is 4.40. The molecule has 1 amide bonds. The van der Waals surface area contributed by atoms with Crippen molar-refractivity contribution in [1.29, 1.82) is 0 Å². The third kappa shape index (κ3) is 2.18. The molecule has 0 atom stereocenters. The lowest BCUT2D eigenvalue weighted by molar-refractivity contribution is -0.114. The summed E-state index contributed by atoms with van der Waals surface area (Å²) in [6.45, 7) is 3.49. The molecule has 2 rings (SSSR count). The fourth-order valence-corrected chi connectivity index (χ4v) is 2.69. The number of amides is 1. The number of rotatable bonds is 1. The summed E-state index contributed by atoms with van der Waals surface area (Å²) in [5, 5.41) is 3.33. The molecule has 0 saturated carbocycles. The van der Waals surface area contributed by atoms with Crippen LogP contribution in [0, 0.1) is 6.92 Å². The van der Waals surface area contributed by atoms with Crippen LogP contribution in [0.3, 0.4) is 0 Å². The summed E-state index contributed by atoms with van der Waals surface area (Å²) in [5.41, 5.74) is 2.06. The van der Waals surface area contributed by atoms with Crippen molar-refractivity contribution in [2.75, 3.05) is 5.32 Å². The van der Waals surface area contributed by atoms with Crippen LogP contribution in [0.25, 0.3) is 10.2 Å². The second-order valence-corrected chi connectivity index (χ2v) is 5.15. The molecule has 0 unspecified atom stereocenters. The Bertz CT molecular complexity index is 496. The van der Waals surface area contributed by atoms with Crippen LogP contribution in [0.15, 0.2) is 16.6 Å². The second kappa shape index (κ2) is 3.90. The molecule has 1 aromatic heterocycles. The van der Waals surface area contributed by atoms with Gasteiger partial charge in [0.2, 0.25) is 5.91 Å². The first-order valence-corrected chi connectivity index (χ1v) is 6.01. The zero-order valence-electron chi connectivity index (χ0n) is 8.30. The Kier molecular flexibility index (Phi) is 2.75. The van der Waals surface area contributed by atoms with E-state index < -0.39 is 0 Å². The fourth-order valence-electron chi connectivity index (χ4n) is 1.26. The Hall–Kier alpha value is -0.940. The summed E-state index contributed by atoms with van der Waals surface area (Å²) in [6.07, 6.45) is 0. The van der Waals surface area contributed by atoms with Crippen molar-refractivity contribution in [2.24, 2.45) is 0 Å². The van der Waals surface area contributed by atoms with Gasteiger partial charge >= 0.3 is 0 Å². The lowest BCUT2D eigenvalue weighted by atomic mass is 10.2. The predicted octanol–water partition coefficient (Wildman–Crippen LogP) is 3.33. The van der Waals surface area contributed by atoms with E-state index in [0.717, 1.165) is 20.3 Å². The van der Waals surface area contributed by atoms with Gasteiger partial charge in [0.05, 0.1) is 10.2 Å². The van der Waals surface area contributed by atoms with Gasteiger partial charge in [-0.15, -0.1) is 0 Å². The zero-order valence-corrected chi connectivity index (χ0v) is 10.7. The van der Waals surface area contributed by atoms with Crippen LogP contribution < -0.4 is 5.32 Å². The van der Waals surface area contributed by atoms with Gasteiger partial charge in [-0.3, -0.25) is 4.79 Å². The molecule has 0 aliphatic carbocycles. The molecule has 0 saturated heterocycles. The standard InChI is InChI=1S/C10H9BrN2OS/c1-5-3-8-9(4-7(5)11)15-10(13-8)12-6(2)14/h3-4H,1-2H3,(H,12,13,14). The maximum atomic E-state index is 10.9. The molecular formula is C10H9BrN2OS. The zero-order chi connectivity index (χ0) is 11.0. The molecule has 5 heteroatoms. The number of halogens is 1. The highest BCUT2D eigenvalue weighted by molar-refractivity contribution is 9.10. The molecule has 0 spiro atoms. The van der Waals surface area contributed by atoms with E-state index in [-0.39, 0.29) is 5.91 Å². The van der Waals surface area contributed by atoms with Crippen LogP contribution in [0.2, 0.25) is 0 Å². The average molecular weight is 285 g/mol. The first kappa shape index (κ1) is 10.6. The lowest BCUT2D eigenvalue weighted by Gasteiger charge is -1.95. The molecule has 1 N–H and O–H groups in total. The lowest BCUT2D eigenvalue weighted by Crippen LogP contribution is -2.04. The van der Waals surface area contributed by atoms with Gasteiger partial charge in [0.15, 0.2) is 5.13 Å². The van der Waals surface area contributed by atoms with E-state index in [1.54, 1.807) is 0 Å². The highest BCUT2D eigenvalue weighted by atomic mass is 79.9. The van der Waals surface area contributed by atoms with Gasteiger partial charge < -0.3 is 5.32 Å². The van der Waals surface area contributed by atoms with Crippen molar-refractivity contribution in [2.45, 2.75) is 13.8 Å². The smallest absolute Gasteiger partial charge is 0.223 e. The van der Waals surface area contributed by atoms with E-state index in [4.69, 9.17) is 0 Å². The van der Waals surface area contributed by atoms with Crippen LogP contribution in [0.5, 0.6) is 0 Å². The van der Waals surface area contributed by atoms with Gasteiger partial charge in [-0.05, 0) is 24.6 Å². The summed E-state index contributed by atoms with van der Waals surface area (Å²) in [5.74, 6) is -0.0927. The molecule has 78 valence electrons. The number of aryl methyl sites for hydroxylation is 1. The van der Waals surface area contributed by atoms with Crippen molar-refractivity contribution in [1.82, 2.24) is 4.98 Å². The van der Waals surface area contributed by atoms with Crippen molar-refractivity contribution in [3.8, 4) is 0 Å². The number of nitrogens with zero attached hydrogens (tertiary/aromatic N) is 1. The summed E-state index contributed by atoms with van der Waals surface area (Å²) < 4.78 is 2.13. The normalized spacial score (nSPS) is 10.6. The number of fused-ring (bicyclic) bond motifs is 1. The minimum atomic E-state index is -0.0927. The number of nitrogens with one attached hydrogen (secondary N) is 1. The molecule has 2 aromatic rings.